The predicted octanol–water partition coefficient (Wildman–Crippen LogP) is 2.63. The van der Waals surface area contributed by atoms with Crippen LogP contribution in [0.1, 0.15) is 32.4 Å². The van der Waals surface area contributed by atoms with E-state index in [9.17, 15) is 0 Å². The minimum atomic E-state index is -0.452. The van der Waals surface area contributed by atoms with Crippen molar-refractivity contribution in [1.82, 2.24) is 9.19 Å². The average Bonchev–Trinajstić information content (AvgIpc) is 3.17. The molecule has 1 aliphatic carbocycles. The number of ether oxygens (including phenoxy) is 3. The fourth-order valence-electron chi connectivity index (χ4n) is 2.65. The molecule has 0 spiro atoms. The molecule has 6 heteroatoms. The van der Waals surface area contributed by atoms with Gasteiger partial charge in [-0.15, -0.1) is 0 Å². The Balaban J connectivity index is 1.77. The summed E-state index contributed by atoms with van der Waals surface area (Å²) in [6, 6.07) is 3.96. The Morgan fingerprint density at radius 1 is 1.32 bits per heavy atom. The van der Waals surface area contributed by atoms with Gasteiger partial charge in [0.25, 0.3) is 0 Å². The zero-order chi connectivity index (χ0) is 15.3. The summed E-state index contributed by atoms with van der Waals surface area (Å²) in [6.45, 7) is 4.81. The normalized spacial score (nSPS) is 18.1. The average molecular weight is 365 g/mol. The molecule has 1 aromatic heterocycles. The maximum atomic E-state index is 6.16. The molecular weight excluding hydrogens is 347 g/mol. The Kier molecular flexibility index (Phi) is 3.20. The molecule has 0 saturated heterocycles. The van der Waals surface area contributed by atoms with E-state index in [1.807, 2.05) is 26.0 Å². The monoisotopic (exact) mass is 366 g/mol. The van der Waals surface area contributed by atoms with Gasteiger partial charge in [-0.1, -0.05) is 0 Å². The van der Waals surface area contributed by atoms with Gasteiger partial charge in [0.05, 0.1) is 0 Å². The van der Waals surface area contributed by atoms with Crippen molar-refractivity contribution in [2.75, 3.05) is 13.7 Å². The second kappa shape index (κ2) is 5.00. The molecular formula is C16H18N2O3Se. The molecule has 0 atom stereocenters. The third kappa shape index (κ3) is 2.31. The summed E-state index contributed by atoms with van der Waals surface area (Å²) >= 11 is 0.00648. The number of rotatable bonds is 4. The number of nitrogens with zero attached hydrogens (tertiary/aromatic N) is 2. The Morgan fingerprint density at radius 2 is 2.14 bits per heavy atom. The van der Waals surface area contributed by atoms with Crippen LogP contribution in [-0.4, -0.2) is 37.6 Å². The number of aromatic nitrogens is 2. The number of benzene rings is 1. The first-order valence-electron chi connectivity index (χ1n) is 7.45. The molecule has 2 aliphatic rings. The fourth-order valence-corrected chi connectivity index (χ4v) is 4.40. The molecule has 1 aliphatic heterocycles. The first kappa shape index (κ1) is 14.1. The van der Waals surface area contributed by atoms with Crippen LogP contribution in [0.3, 0.4) is 0 Å². The van der Waals surface area contributed by atoms with Gasteiger partial charge in [0, 0.05) is 0 Å². The van der Waals surface area contributed by atoms with Crippen molar-refractivity contribution in [2.45, 2.75) is 32.3 Å². The Morgan fingerprint density at radius 3 is 2.86 bits per heavy atom. The number of hydrogen-bond acceptors (Lipinski definition) is 5. The van der Waals surface area contributed by atoms with Crippen LogP contribution in [-0.2, 0) is 5.60 Å². The van der Waals surface area contributed by atoms with Gasteiger partial charge in [0.15, 0.2) is 0 Å². The van der Waals surface area contributed by atoms with Crippen LogP contribution in [0.2, 0.25) is 0 Å². The quantitative estimate of drug-likeness (QED) is 0.780. The molecule has 1 fully saturated rings. The topological polar surface area (TPSA) is 53.5 Å². The van der Waals surface area contributed by atoms with Gasteiger partial charge >= 0.3 is 135 Å². The standard InChI is InChI=1S/C16H18N2O3Se/c1-16(2)15-14(22-18-17-15)10-6-12(19-3)13(7-11(10)21-16)20-8-9-4-5-9/h6-7,9H,4-5,8H2,1-3H3. The van der Waals surface area contributed by atoms with E-state index in [2.05, 4.69) is 9.19 Å². The van der Waals surface area contributed by atoms with Crippen molar-refractivity contribution in [1.29, 1.82) is 0 Å². The molecule has 1 aromatic carbocycles. The van der Waals surface area contributed by atoms with E-state index in [1.54, 1.807) is 7.11 Å². The summed E-state index contributed by atoms with van der Waals surface area (Å²) in [5.41, 5.74) is 1.52. The Bertz CT molecular complexity index is 722. The first-order chi connectivity index (χ1) is 10.6. The molecule has 0 bridgehead atoms. The number of methoxy groups -OCH3 is 1. The maximum absolute atomic E-state index is 6.16. The van der Waals surface area contributed by atoms with Crippen LogP contribution < -0.4 is 14.2 Å². The zero-order valence-corrected chi connectivity index (χ0v) is 14.6. The van der Waals surface area contributed by atoms with Crippen LogP contribution in [0.25, 0.3) is 10.0 Å². The summed E-state index contributed by atoms with van der Waals surface area (Å²) in [4.78, 5) is 0. The van der Waals surface area contributed by atoms with E-state index in [-0.39, 0.29) is 14.7 Å². The van der Waals surface area contributed by atoms with Crippen molar-refractivity contribution in [3.8, 4) is 27.2 Å². The number of hydrogen-bond donors (Lipinski definition) is 0. The fraction of sp³-hybridized carbons (Fsp3) is 0.500. The summed E-state index contributed by atoms with van der Waals surface area (Å²) in [6.07, 6.45) is 2.52. The van der Waals surface area contributed by atoms with Crippen molar-refractivity contribution in [3.05, 3.63) is 17.8 Å². The minimum absolute atomic E-state index is 0.00648. The van der Waals surface area contributed by atoms with Gasteiger partial charge in [0.2, 0.25) is 0 Å². The van der Waals surface area contributed by atoms with Crippen molar-refractivity contribution >= 4 is 14.7 Å². The molecule has 2 heterocycles. The van der Waals surface area contributed by atoms with E-state index in [1.165, 1.54) is 17.3 Å². The molecule has 0 amide bonds. The van der Waals surface area contributed by atoms with Crippen molar-refractivity contribution < 1.29 is 14.2 Å². The van der Waals surface area contributed by atoms with Gasteiger partial charge in [-0.25, -0.2) is 0 Å². The summed E-state index contributed by atoms with van der Waals surface area (Å²) in [7, 11) is 1.67. The summed E-state index contributed by atoms with van der Waals surface area (Å²) < 4.78 is 23.0. The van der Waals surface area contributed by atoms with Crippen LogP contribution in [0.15, 0.2) is 12.1 Å². The van der Waals surface area contributed by atoms with E-state index in [0.717, 1.165) is 35.1 Å². The molecule has 116 valence electrons. The second-order valence-electron chi connectivity index (χ2n) is 6.32. The zero-order valence-electron chi connectivity index (χ0n) is 12.9. The third-order valence-corrected chi connectivity index (χ3v) is 5.70. The first-order valence-corrected chi connectivity index (χ1v) is 9.08. The van der Waals surface area contributed by atoms with Gasteiger partial charge in [0.1, 0.15) is 0 Å². The van der Waals surface area contributed by atoms with E-state index >= 15 is 0 Å². The summed E-state index contributed by atoms with van der Waals surface area (Å²) in [5, 5.41) is 4.29. The molecule has 1 saturated carbocycles. The van der Waals surface area contributed by atoms with E-state index < -0.39 is 5.60 Å². The molecule has 4 rings (SSSR count). The third-order valence-electron chi connectivity index (χ3n) is 4.11. The van der Waals surface area contributed by atoms with Crippen LogP contribution in [0.4, 0.5) is 0 Å². The predicted molar refractivity (Wildman–Crippen MR) is 82.8 cm³/mol. The molecule has 5 nitrogen and oxygen atoms in total. The number of fused-ring (bicyclic) bond motifs is 3. The SMILES string of the molecule is COc1cc2c(cc1OCC1CC1)OC(C)(C)c1nn[se]c1-2. The van der Waals surface area contributed by atoms with E-state index in [0.29, 0.717) is 5.92 Å². The van der Waals surface area contributed by atoms with Crippen molar-refractivity contribution in [2.24, 2.45) is 5.92 Å². The van der Waals surface area contributed by atoms with Gasteiger partial charge in [-0.05, 0) is 0 Å². The van der Waals surface area contributed by atoms with Gasteiger partial charge < -0.3 is 0 Å². The van der Waals surface area contributed by atoms with Crippen molar-refractivity contribution in [3.63, 3.8) is 0 Å². The molecule has 0 radical (unpaired) electrons. The molecule has 0 unspecified atom stereocenters. The Labute approximate surface area is 135 Å². The van der Waals surface area contributed by atoms with Crippen LogP contribution >= 0.6 is 0 Å². The molecule has 2 aromatic rings. The van der Waals surface area contributed by atoms with Crippen LogP contribution in [0, 0.1) is 5.92 Å². The van der Waals surface area contributed by atoms with Gasteiger partial charge in [-0.3, -0.25) is 0 Å². The molecule has 0 N–H and O–H groups in total. The van der Waals surface area contributed by atoms with Gasteiger partial charge in [-0.2, -0.15) is 0 Å². The Hall–Kier alpha value is -1.52. The molecule has 22 heavy (non-hydrogen) atoms. The second-order valence-corrected chi connectivity index (χ2v) is 7.90. The van der Waals surface area contributed by atoms with E-state index in [4.69, 9.17) is 14.2 Å². The van der Waals surface area contributed by atoms with Crippen LogP contribution in [0.5, 0.6) is 17.2 Å². The summed E-state index contributed by atoms with van der Waals surface area (Å²) in [5.74, 6) is 3.04.